The molecule has 2 unspecified atom stereocenters. The largest absolute Gasteiger partial charge is 0.335 e. The van der Waals surface area contributed by atoms with Gasteiger partial charge in [0, 0.05) is 53.4 Å². The van der Waals surface area contributed by atoms with Gasteiger partial charge in [-0.05, 0) is 66.2 Å². The van der Waals surface area contributed by atoms with Crippen molar-refractivity contribution in [2.75, 3.05) is 9.80 Å². The number of anilines is 4. The minimum absolute atomic E-state index is 0.133. The fourth-order valence-corrected chi connectivity index (χ4v) is 7.70. The van der Waals surface area contributed by atoms with E-state index in [0.717, 1.165) is 68.3 Å². The second kappa shape index (κ2) is 9.74. The summed E-state index contributed by atoms with van der Waals surface area (Å²) in [4.78, 5) is 19.5. The van der Waals surface area contributed by atoms with Crippen molar-refractivity contribution in [2.24, 2.45) is 0 Å². The zero-order valence-corrected chi connectivity index (χ0v) is 24.9. The number of allylic oxidation sites excluding steroid dienone is 2. The first-order chi connectivity index (χ1) is 22.8. The first-order valence-electron chi connectivity index (χ1n) is 15.7. The van der Waals surface area contributed by atoms with Crippen LogP contribution in [0.5, 0.6) is 0 Å². The lowest BCUT2D eigenvalue weighted by Gasteiger charge is -2.34. The molecule has 0 radical (unpaired) electrons. The SMILES string of the molecule is C1=CC2c3ncccc3N(c3cc(N4Cc5ccccc5-c5ncccc54)cc(-n4c5ccccc5c5ncccc54)c3)C2C=C1. The highest BCUT2D eigenvalue weighted by molar-refractivity contribution is 6.07. The smallest absolute Gasteiger partial charge is 0.0963 e. The van der Waals surface area contributed by atoms with Gasteiger partial charge in [0.05, 0.1) is 51.0 Å². The summed E-state index contributed by atoms with van der Waals surface area (Å²) in [5.41, 5.74) is 13.4. The van der Waals surface area contributed by atoms with Gasteiger partial charge in [-0.2, -0.15) is 0 Å². The van der Waals surface area contributed by atoms with E-state index >= 15 is 0 Å². The normalized spacial score (nSPS) is 17.7. The standard InChI is InChI=1S/C40H28N6/c1-2-11-30-26(10-1)25-44(35-16-7-19-41-38(30)35)27-22-28(45-33-14-5-3-12-31(33)39-36(45)17-8-20-42-39)24-29(23-27)46-34-15-6-4-13-32(34)40-37(46)18-9-21-43-40/h1-24,31,33H,25H2. The molecule has 6 heteroatoms. The van der Waals surface area contributed by atoms with Crippen LogP contribution >= 0.6 is 0 Å². The van der Waals surface area contributed by atoms with Gasteiger partial charge in [-0.1, -0.05) is 66.8 Å². The highest BCUT2D eigenvalue weighted by atomic mass is 15.2. The minimum Gasteiger partial charge on any atom is -0.335 e. The molecule has 2 atom stereocenters. The molecular weight excluding hydrogens is 564 g/mol. The summed E-state index contributed by atoms with van der Waals surface area (Å²) in [5, 5.41) is 1.14. The van der Waals surface area contributed by atoms with Crippen molar-refractivity contribution in [3.63, 3.8) is 0 Å². The van der Waals surface area contributed by atoms with Gasteiger partial charge in [-0.3, -0.25) is 15.0 Å². The number of benzene rings is 3. The Morgan fingerprint density at radius 3 is 2.33 bits per heavy atom. The number of hydrogen-bond acceptors (Lipinski definition) is 5. The highest BCUT2D eigenvalue weighted by Crippen LogP contribution is 2.49. The Kier molecular flexibility index (Phi) is 5.37. The zero-order valence-electron chi connectivity index (χ0n) is 24.9. The van der Waals surface area contributed by atoms with Gasteiger partial charge in [-0.25, -0.2) is 0 Å². The number of hydrogen-bond donors (Lipinski definition) is 0. The number of para-hydroxylation sites is 1. The van der Waals surface area contributed by atoms with E-state index in [1.54, 1.807) is 0 Å². The van der Waals surface area contributed by atoms with Crippen molar-refractivity contribution in [1.82, 2.24) is 19.5 Å². The van der Waals surface area contributed by atoms with Crippen LogP contribution in [0.15, 0.2) is 146 Å². The summed E-state index contributed by atoms with van der Waals surface area (Å²) >= 11 is 0. The predicted octanol–water partition coefficient (Wildman–Crippen LogP) is 9.02. The third kappa shape index (κ3) is 3.61. The third-order valence-corrected chi connectivity index (χ3v) is 9.64. The lowest BCUT2D eigenvalue weighted by Crippen LogP contribution is -2.29. The molecule has 7 aromatic rings. The molecule has 1 aliphatic carbocycles. The molecule has 0 amide bonds. The summed E-state index contributed by atoms with van der Waals surface area (Å²) in [5.74, 6) is 0.192. The van der Waals surface area contributed by atoms with Crippen molar-refractivity contribution >= 4 is 44.7 Å². The van der Waals surface area contributed by atoms with E-state index in [9.17, 15) is 0 Å². The molecule has 2 aliphatic heterocycles. The first-order valence-corrected chi connectivity index (χ1v) is 15.7. The van der Waals surface area contributed by atoms with Crippen molar-refractivity contribution < 1.29 is 0 Å². The first kappa shape index (κ1) is 25.3. The van der Waals surface area contributed by atoms with Crippen molar-refractivity contribution in [2.45, 2.75) is 18.5 Å². The predicted molar refractivity (Wildman–Crippen MR) is 185 cm³/mol. The van der Waals surface area contributed by atoms with Crippen LogP contribution in [0.4, 0.5) is 22.7 Å². The summed E-state index contributed by atoms with van der Waals surface area (Å²) < 4.78 is 2.36. The Hall–Kier alpha value is -6.01. The average molecular weight is 593 g/mol. The Bertz CT molecular complexity index is 2350. The van der Waals surface area contributed by atoms with Crippen molar-refractivity contribution in [1.29, 1.82) is 0 Å². The van der Waals surface area contributed by atoms with E-state index in [2.05, 4.69) is 124 Å². The summed E-state index contributed by atoms with van der Waals surface area (Å²) in [6, 6.07) is 37.0. The van der Waals surface area contributed by atoms with E-state index < -0.39 is 0 Å². The number of pyridine rings is 3. The fourth-order valence-electron chi connectivity index (χ4n) is 7.70. The lowest BCUT2D eigenvalue weighted by molar-refractivity contribution is 0.732. The molecule has 3 aromatic carbocycles. The van der Waals surface area contributed by atoms with Crippen molar-refractivity contribution in [3.05, 3.63) is 157 Å². The van der Waals surface area contributed by atoms with Gasteiger partial charge in [-0.15, -0.1) is 0 Å². The maximum absolute atomic E-state index is 4.88. The summed E-state index contributed by atoms with van der Waals surface area (Å²) in [7, 11) is 0. The molecule has 3 aliphatic rings. The average Bonchev–Trinajstić information content (AvgIpc) is 3.64. The van der Waals surface area contributed by atoms with Gasteiger partial charge >= 0.3 is 0 Å². The Morgan fingerprint density at radius 1 is 0.609 bits per heavy atom. The van der Waals surface area contributed by atoms with E-state index in [1.165, 1.54) is 11.1 Å². The molecule has 0 saturated carbocycles. The number of fused-ring (bicyclic) bond motifs is 9. The Labute approximate surface area is 266 Å². The summed E-state index contributed by atoms with van der Waals surface area (Å²) in [6.07, 6.45) is 14.6. The molecule has 4 aromatic heterocycles. The molecule has 46 heavy (non-hydrogen) atoms. The topological polar surface area (TPSA) is 50.1 Å². The Morgan fingerprint density at radius 2 is 1.35 bits per heavy atom. The quantitative estimate of drug-likeness (QED) is 0.205. The number of rotatable bonds is 3. The van der Waals surface area contributed by atoms with E-state index in [1.807, 2.05) is 36.8 Å². The number of aromatic nitrogens is 4. The van der Waals surface area contributed by atoms with E-state index in [4.69, 9.17) is 15.0 Å². The molecule has 0 bridgehead atoms. The Balaban J connectivity index is 1.25. The van der Waals surface area contributed by atoms with Crippen LogP contribution in [0.3, 0.4) is 0 Å². The zero-order chi connectivity index (χ0) is 30.2. The fraction of sp³-hybridized carbons (Fsp3) is 0.0750. The van der Waals surface area contributed by atoms with Gasteiger partial charge < -0.3 is 14.4 Å². The monoisotopic (exact) mass is 592 g/mol. The second-order valence-electron chi connectivity index (χ2n) is 12.1. The van der Waals surface area contributed by atoms with Crippen molar-refractivity contribution in [3.8, 4) is 16.9 Å². The molecule has 0 spiro atoms. The molecule has 0 saturated heterocycles. The third-order valence-electron chi connectivity index (χ3n) is 9.64. The van der Waals surface area contributed by atoms with Gasteiger partial charge in [0.1, 0.15) is 0 Å². The lowest BCUT2D eigenvalue weighted by atomic mass is 9.94. The molecule has 6 nitrogen and oxygen atoms in total. The van der Waals surface area contributed by atoms with Gasteiger partial charge in [0.2, 0.25) is 0 Å². The maximum atomic E-state index is 4.88. The second-order valence-corrected chi connectivity index (χ2v) is 12.1. The molecule has 10 rings (SSSR count). The maximum Gasteiger partial charge on any atom is 0.0963 e. The van der Waals surface area contributed by atoms with Crippen LogP contribution in [0.2, 0.25) is 0 Å². The number of nitrogens with zero attached hydrogens (tertiary/aromatic N) is 6. The molecule has 0 fully saturated rings. The van der Waals surface area contributed by atoms with Crippen LogP contribution in [0.25, 0.3) is 38.9 Å². The van der Waals surface area contributed by atoms with Gasteiger partial charge in [0.25, 0.3) is 0 Å². The molecule has 6 heterocycles. The summed E-state index contributed by atoms with van der Waals surface area (Å²) in [6.45, 7) is 0.749. The van der Waals surface area contributed by atoms with Gasteiger partial charge in [0.15, 0.2) is 0 Å². The highest BCUT2D eigenvalue weighted by Gasteiger charge is 2.39. The molecular formula is C40H28N6. The van der Waals surface area contributed by atoms with E-state index in [-0.39, 0.29) is 12.0 Å². The van der Waals surface area contributed by atoms with Crippen LogP contribution in [0, 0.1) is 0 Å². The van der Waals surface area contributed by atoms with Crippen LogP contribution in [-0.2, 0) is 6.54 Å². The van der Waals surface area contributed by atoms with E-state index in [0.29, 0.717) is 0 Å². The van der Waals surface area contributed by atoms with Crippen LogP contribution < -0.4 is 9.80 Å². The van der Waals surface area contributed by atoms with Crippen LogP contribution in [-0.4, -0.2) is 25.6 Å². The van der Waals surface area contributed by atoms with Crippen LogP contribution in [0.1, 0.15) is 17.2 Å². The molecule has 218 valence electrons. The minimum atomic E-state index is 0.133. The molecule has 0 N–H and O–H groups in total.